The van der Waals surface area contributed by atoms with Gasteiger partial charge in [-0.05, 0) is 17.9 Å². The summed E-state index contributed by atoms with van der Waals surface area (Å²) in [6.45, 7) is 2.15. The van der Waals surface area contributed by atoms with Crippen molar-refractivity contribution in [1.82, 2.24) is 0 Å². The highest BCUT2D eigenvalue weighted by Gasteiger charge is 2.07. The maximum atomic E-state index is 5.90. The third-order valence-corrected chi connectivity index (χ3v) is 3.09. The van der Waals surface area contributed by atoms with Gasteiger partial charge < -0.3 is 10.2 Å². The summed E-state index contributed by atoms with van der Waals surface area (Å²) in [6, 6.07) is 5.78. The molecule has 0 aliphatic rings. The summed E-state index contributed by atoms with van der Waals surface area (Å²) in [6.07, 6.45) is 1.81. The van der Waals surface area contributed by atoms with Gasteiger partial charge in [0.15, 0.2) is 0 Å². The van der Waals surface area contributed by atoms with E-state index in [2.05, 4.69) is 6.92 Å². The van der Waals surface area contributed by atoms with Crippen molar-refractivity contribution in [3.05, 3.63) is 30.0 Å². The second-order valence-corrected chi connectivity index (χ2v) is 4.39. The predicted octanol–water partition coefficient (Wildman–Crippen LogP) is 3.27. The topological polar surface area (TPSA) is 39.2 Å². The van der Waals surface area contributed by atoms with Crippen LogP contribution in [0.1, 0.15) is 12.5 Å². The van der Waals surface area contributed by atoms with E-state index in [1.807, 2.05) is 36.2 Å². The Morgan fingerprint density at radius 1 is 1.43 bits per heavy atom. The van der Waals surface area contributed by atoms with Gasteiger partial charge in [0.2, 0.25) is 0 Å². The smallest absolute Gasteiger partial charge is 0.136 e. The molecule has 0 spiro atoms. The van der Waals surface area contributed by atoms with E-state index in [-0.39, 0.29) is 0 Å². The minimum Gasteiger partial charge on any atom is -0.464 e. The highest BCUT2D eigenvalue weighted by Crippen LogP contribution is 2.29. The normalized spacial score (nSPS) is 10.9. The van der Waals surface area contributed by atoms with Gasteiger partial charge in [-0.25, -0.2) is 0 Å². The molecule has 0 atom stereocenters. The van der Waals surface area contributed by atoms with Crippen molar-refractivity contribution < 1.29 is 4.42 Å². The summed E-state index contributed by atoms with van der Waals surface area (Å²) in [5.74, 6) is 2.08. The molecule has 3 heteroatoms. The molecule has 0 radical (unpaired) electrons. The Kier molecular flexibility index (Phi) is 2.68. The number of anilines is 1. The van der Waals surface area contributed by atoms with Crippen LogP contribution >= 0.6 is 11.8 Å². The van der Waals surface area contributed by atoms with E-state index in [9.17, 15) is 0 Å². The summed E-state index contributed by atoms with van der Waals surface area (Å²) >= 11 is 1.87. The first-order valence-electron chi connectivity index (χ1n) is 4.65. The average Bonchev–Trinajstić information content (AvgIpc) is 2.59. The number of fused-ring (bicyclic) bond motifs is 1. The fourth-order valence-electron chi connectivity index (χ4n) is 1.50. The van der Waals surface area contributed by atoms with Gasteiger partial charge in [-0.3, -0.25) is 0 Å². The lowest BCUT2D eigenvalue weighted by Gasteiger charge is -1.98. The predicted molar refractivity (Wildman–Crippen MR) is 62.5 cm³/mol. The summed E-state index contributed by atoms with van der Waals surface area (Å²) in [4.78, 5) is 0. The van der Waals surface area contributed by atoms with Crippen molar-refractivity contribution in [3.8, 4) is 0 Å². The van der Waals surface area contributed by atoms with Crippen molar-refractivity contribution in [2.75, 3.05) is 11.5 Å². The van der Waals surface area contributed by atoms with Crippen LogP contribution in [0.25, 0.3) is 11.0 Å². The van der Waals surface area contributed by atoms with Crippen molar-refractivity contribution >= 4 is 28.4 Å². The Hall–Kier alpha value is -1.09. The van der Waals surface area contributed by atoms with E-state index in [0.29, 0.717) is 0 Å². The SMILES string of the molecule is CCSCc1coc2cccc(N)c12. The first-order chi connectivity index (χ1) is 6.83. The molecule has 1 heterocycles. The van der Waals surface area contributed by atoms with E-state index in [4.69, 9.17) is 10.2 Å². The first-order valence-corrected chi connectivity index (χ1v) is 5.80. The zero-order valence-electron chi connectivity index (χ0n) is 8.12. The molecule has 0 aliphatic heterocycles. The van der Waals surface area contributed by atoms with Crippen LogP contribution in [-0.4, -0.2) is 5.75 Å². The highest BCUT2D eigenvalue weighted by molar-refractivity contribution is 7.98. The molecule has 0 unspecified atom stereocenters. The Morgan fingerprint density at radius 2 is 2.29 bits per heavy atom. The molecule has 2 aromatic rings. The van der Waals surface area contributed by atoms with Gasteiger partial charge >= 0.3 is 0 Å². The van der Waals surface area contributed by atoms with Crippen molar-refractivity contribution in [2.45, 2.75) is 12.7 Å². The molecular weight excluding hydrogens is 194 g/mol. The molecule has 74 valence electrons. The quantitative estimate of drug-likeness (QED) is 0.785. The summed E-state index contributed by atoms with van der Waals surface area (Å²) in [5.41, 5.74) is 8.80. The van der Waals surface area contributed by atoms with Gasteiger partial charge in [0, 0.05) is 22.4 Å². The van der Waals surface area contributed by atoms with Crippen molar-refractivity contribution in [1.29, 1.82) is 0 Å². The maximum absolute atomic E-state index is 5.90. The zero-order valence-corrected chi connectivity index (χ0v) is 8.93. The zero-order chi connectivity index (χ0) is 9.97. The van der Waals surface area contributed by atoms with Crippen LogP contribution < -0.4 is 5.73 Å². The molecule has 2 nitrogen and oxygen atoms in total. The Labute approximate surface area is 87.5 Å². The molecule has 2 N–H and O–H groups in total. The Morgan fingerprint density at radius 3 is 3.07 bits per heavy atom. The minimum absolute atomic E-state index is 0.808. The number of hydrogen-bond acceptors (Lipinski definition) is 3. The van der Waals surface area contributed by atoms with Crippen LogP contribution in [0.2, 0.25) is 0 Å². The van der Waals surface area contributed by atoms with Gasteiger partial charge in [-0.1, -0.05) is 13.0 Å². The molecule has 1 aromatic carbocycles. The van der Waals surface area contributed by atoms with Crippen molar-refractivity contribution in [3.63, 3.8) is 0 Å². The molecule has 0 bridgehead atoms. The largest absolute Gasteiger partial charge is 0.464 e. The third kappa shape index (κ3) is 1.60. The van der Waals surface area contributed by atoms with Crippen LogP contribution in [-0.2, 0) is 5.75 Å². The second-order valence-electron chi connectivity index (χ2n) is 3.12. The van der Waals surface area contributed by atoms with E-state index in [0.717, 1.165) is 28.2 Å². The number of thioether (sulfide) groups is 1. The molecule has 1 aromatic heterocycles. The summed E-state index contributed by atoms with van der Waals surface area (Å²) in [7, 11) is 0. The lowest BCUT2D eigenvalue weighted by molar-refractivity contribution is 0.613. The fourth-order valence-corrected chi connectivity index (χ4v) is 2.14. The average molecular weight is 207 g/mol. The third-order valence-electron chi connectivity index (χ3n) is 2.17. The number of hydrogen-bond donors (Lipinski definition) is 1. The van der Waals surface area contributed by atoms with Crippen LogP contribution in [0.5, 0.6) is 0 Å². The molecule has 14 heavy (non-hydrogen) atoms. The lowest BCUT2D eigenvalue weighted by atomic mass is 10.1. The van der Waals surface area contributed by atoms with E-state index >= 15 is 0 Å². The second kappa shape index (κ2) is 3.96. The monoisotopic (exact) mass is 207 g/mol. The molecule has 0 fully saturated rings. The van der Waals surface area contributed by atoms with Gasteiger partial charge in [-0.2, -0.15) is 11.8 Å². The van der Waals surface area contributed by atoms with E-state index < -0.39 is 0 Å². The Bertz CT molecular complexity index is 436. The molecule has 0 amide bonds. The highest BCUT2D eigenvalue weighted by atomic mass is 32.2. The van der Waals surface area contributed by atoms with Gasteiger partial charge in [0.1, 0.15) is 5.58 Å². The first kappa shape index (κ1) is 9.46. The lowest BCUT2D eigenvalue weighted by Crippen LogP contribution is -1.87. The van der Waals surface area contributed by atoms with Gasteiger partial charge in [0.25, 0.3) is 0 Å². The standard InChI is InChI=1S/C11H13NOS/c1-2-14-7-8-6-13-10-5-3-4-9(12)11(8)10/h3-6H,2,7,12H2,1H3. The van der Waals surface area contributed by atoms with Crippen LogP contribution in [0, 0.1) is 0 Å². The van der Waals surface area contributed by atoms with Crippen LogP contribution in [0.15, 0.2) is 28.9 Å². The minimum atomic E-state index is 0.808. The number of nitrogen functional groups attached to an aromatic ring is 1. The van der Waals surface area contributed by atoms with E-state index in [1.54, 1.807) is 0 Å². The van der Waals surface area contributed by atoms with E-state index in [1.165, 1.54) is 5.56 Å². The van der Waals surface area contributed by atoms with Gasteiger partial charge in [-0.15, -0.1) is 0 Å². The maximum Gasteiger partial charge on any atom is 0.136 e. The number of benzene rings is 1. The molecule has 0 aliphatic carbocycles. The molecule has 2 rings (SSSR count). The summed E-state index contributed by atoms with van der Waals surface area (Å²) < 4.78 is 5.43. The number of rotatable bonds is 3. The molecule has 0 saturated heterocycles. The van der Waals surface area contributed by atoms with Gasteiger partial charge in [0.05, 0.1) is 6.26 Å². The summed E-state index contributed by atoms with van der Waals surface area (Å²) in [5, 5.41) is 1.08. The molecule has 0 saturated carbocycles. The Balaban J connectivity index is 2.45. The number of nitrogens with two attached hydrogens (primary N) is 1. The van der Waals surface area contributed by atoms with Crippen LogP contribution in [0.3, 0.4) is 0 Å². The number of furan rings is 1. The van der Waals surface area contributed by atoms with Crippen molar-refractivity contribution in [2.24, 2.45) is 0 Å². The fraction of sp³-hybridized carbons (Fsp3) is 0.273. The molecular formula is C11H13NOS. The van der Waals surface area contributed by atoms with Crippen LogP contribution in [0.4, 0.5) is 5.69 Å².